The molecule has 86 valence electrons. The van der Waals surface area contributed by atoms with Gasteiger partial charge in [0.15, 0.2) is 0 Å². The third-order valence-electron chi connectivity index (χ3n) is 2.85. The first kappa shape index (κ1) is 11.3. The number of pyridine rings is 1. The molecule has 1 N–H and O–H groups in total. The Hall–Kier alpha value is -1.17. The summed E-state index contributed by atoms with van der Waals surface area (Å²) >= 11 is 3.28. The lowest BCUT2D eigenvalue weighted by molar-refractivity contribution is -0.384. The summed E-state index contributed by atoms with van der Waals surface area (Å²) in [4.78, 5) is 14.2. The molecule has 1 heterocycles. The molecule has 6 heteroatoms. The number of nitrogens with zero attached hydrogens (tertiary/aromatic N) is 2. The topological polar surface area (TPSA) is 68.1 Å². The standard InChI is InChI=1S/C10H12BrN3O2/c1-2-6-3-8(6)13-10-7(11)4-12-5-9(10)14(15)16/h4-6,8H,2-3H2,1H3,(H,12,13). The summed E-state index contributed by atoms with van der Waals surface area (Å²) in [5.41, 5.74) is 0.567. The maximum absolute atomic E-state index is 10.8. The van der Waals surface area contributed by atoms with Crippen LogP contribution in [0.5, 0.6) is 0 Å². The fourth-order valence-corrected chi connectivity index (χ4v) is 2.20. The van der Waals surface area contributed by atoms with E-state index in [0.717, 1.165) is 12.8 Å². The van der Waals surface area contributed by atoms with Crippen LogP contribution in [0.3, 0.4) is 0 Å². The number of anilines is 1. The molecule has 0 spiro atoms. The molecule has 0 aliphatic heterocycles. The number of halogens is 1. The third kappa shape index (κ3) is 2.16. The lowest BCUT2D eigenvalue weighted by Crippen LogP contribution is -2.07. The second kappa shape index (κ2) is 4.37. The largest absolute Gasteiger partial charge is 0.375 e. The first-order valence-electron chi connectivity index (χ1n) is 5.18. The van der Waals surface area contributed by atoms with Crippen LogP contribution >= 0.6 is 15.9 Å². The molecule has 0 radical (unpaired) electrons. The van der Waals surface area contributed by atoms with Crippen molar-refractivity contribution in [3.8, 4) is 0 Å². The molecule has 2 rings (SSSR count). The van der Waals surface area contributed by atoms with Gasteiger partial charge in [-0.25, -0.2) is 0 Å². The van der Waals surface area contributed by atoms with E-state index in [1.807, 2.05) is 0 Å². The van der Waals surface area contributed by atoms with Crippen molar-refractivity contribution >= 4 is 27.3 Å². The number of aromatic nitrogens is 1. The molecular formula is C10H12BrN3O2. The van der Waals surface area contributed by atoms with Gasteiger partial charge in [0.25, 0.3) is 0 Å². The first-order valence-corrected chi connectivity index (χ1v) is 5.97. The van der Waals surface area contributed by atoms with Crippen LogP contribution in [0.15, 0.2) is 16.9 Å². The predicted octanol–water partition coefficient (Wildman–Crippen LogP) is 2.96. The van der Waals surface area contributed by atoms with E-state index in [2.05, 4.69) is 33.2 Å². The molecule has 2 unspecified atom stereocenters. The Kier molecular flexibility index (Phi) is 3.09. The molecule has 0 bridgehead atoms. The van der Waals surface area contributed by atoms with E-state index in [0.29, 0.717) is 22.1 Å². The van der Waals surface area contributed by atoms with E-state index >= 15 is 0 Å². The average molecular weight is 286 g/mol. The second-order valence-corrected chi connectivity index (χ2v) is 4.78. The van der Waals surface area contributed by atoms with Crippen LogP contribution < -0.4 is 5.32 Å². The zero-order valence-corrected chi connectivity index (χ0v) is 10.4. The minimum Gasteiger partial charge on any atom is -0.375 e. The molecule has 0 aromatic carbocycles. The minimum atomic E-state index is -0.413. The van der Waals surface area contributed by atoms with Gasteiger partial charge in [-0.3, -0.25) is 15.1 Å². The Morgan fingerprint density at radius 1 is 1.69 bits per heavy atom. The van der Waals surface area contributed by atoms with Gasteiger partial charge in [-0.2, -0.15) is 0 Å². The van der Waals surface area contributed by atoms with E-state index in [1.165, 1.54) is 6.20 Å². The van der Waals surface area contributed by atoms with Gasteiger partial charge in [0.05, 0.1) is 9.40 Å². The summed E-state index contributed by atoms with van der Waals surface area (Å²) in [7, 11) is 0. The van der Waals surface area contributed by atoms with Crippen LogP contribution in [0, 0.1) is 16.0 Å². The molecule has 0 saturated heterocycles. The molecule has 1 fully saturated rings. The zero-order valence-electron chi connectivity index (χ0n) is 8.81. The van der Waals surface area contributed by atoms with Crippen LogP contribution in [0.4, 0.5) is 11.4 Å². The van der Waals surface area contributed by atoms with Crippen LogP contribution in [0.1, 0.15) is 19.8 Å². The van der Waals surface area contributed by atoms with Crippen LogP contribution in [0.25, 0.3) is 0 Å². The van der Waals surface area contributed by atoms with Gasteiger partial charge in [-0.05, 0) is 28.3 Å². The van der Waals surface area contributed by atoms with E-state index in [1.54, 1.807) is 6.20 Å². The Bertz CT molecular complexity index is 425. The van der Waals surface area contributed by atoms with Gasteiger partial charge >= 0.3 is 5.69 Å². The maximum atomic E-state index is 10.8. The summed E-state index contributed by atoms with van der Waals surface area (Å²) in [5, 5.41) is 14.0. The number of rotatable bonds is 4. The van der Waals surface area contributed by atoms with Crippen LogP contribution in [-0.2, 0) is 0 Å². The highest BCUT2D eigenvalue weighted by atomic mass is 79.9. The van der Waals surface area contributed by atoms with E-state index in [-0.39, 0.29) is 5.69 Å². The van der Waals surface area contributed by atoms with Crippen molar-refractivity contribution in [3.63, 3.8) is 0 Å². The minimum absolute atomic E-state index is 0.0242. The van der Waals surface area contributed by atoms with Crippen molar-refractivity contribution in [2.45, 2.75) is 25.8 Å². The first-order chi connectivity index (χ1) is 7.63. The molecule has 16 heavy (non-hydrogen) atoms. The highest BCUT2D eigenvalue weighted by Gasteiger charge is 2.37. The van der Waals surface area contributed by atoms with E-state index in [4.69, 9.17) is 0 Å². The molecule has 1 aliphatic rings. The SMILES string of the molecule is CCC1CC1Nc1c(Br)cncc1[N+](=O)[O-]. The lowest BCUT2D eigenvalue weighted by atomic mass is 10.3. The summed E-state index contributed by atoms with van der Waals surface area (Å²) in [6, 6.07) is 0.363. The molecular weight excluding hydrogens is 274 g/mol. The number of nitro groups is 1. The summed E-state index contributed by atoms with van der Waals surface area (Å²) in [6.07, 6.45) is 5.03. The van der Waals surface area contributed by atoms with Crippen molar-refractivity contribution in [2.75, 3.05) is 5.32 Å². The Labute approximate surface area is 102 Å². The Balaban J connectivity index is 2.22. The smallest absolute Gasteiger partial charge is 0.311 e. The predicted molar refractivity (Wildman–Crippen MR) is 64.4 cm³/mol. The fraction of sp³-hybridized carbons (Fsp3) is 0.500. The molecule has 5 nitrogen and oxygen atoms in total. The molecule has 2 atom stereocenters. The summed E-state index contributed by atoms with van der Waals surface area (Å²) in [6.45, 7) is 2.13. The van der Waals surface area contributed by atoms with Gasteiger partial charge in [0.1, 0.15) is 11.9 Å². The second-order valence-electron chi connectivity index (χ2n) is 3.93. The van der Waals surface area contributed by atoms with E-state index in [9.17, 15) is 10.1 Å². The molecule has 1 aromatic rings. The summed E-state index contributed by atoms with van der Waals surface area (Å²) in [5.74, 6) is 0.639. The number of nitrogens with one attached hydrogen (secondary N) is 1. The van der Waals surface area contributed by atoms with Gasteiger partial charge in [-0.1, -0.05) is 13.3 Å². The lowest BCUT2D eigenvalue weighted by Gasteiger charge is -2.07. The molecule has 1 aliphatic carbocycles. The third-order valence-corrected chi connectivity index (χ3v) is 3.45. The zero-order chi connectivity index (χ0) is 11.7. The Morgan fingerprint density at radius 2 is 2.44 bits per heavy atom. The van der Waals surface area contributed by atoms with Gasteiger partial charge in [0.2, 0.25) is 0 Å². The number of hydrogen-bond donors (Lipinski definition) is 1. The van der Waals surface area contributed by atoms with Gasteiger partial charge in [-0.15, -0.1) is 0 Å². The van der Waals surface area contributed by atoms with Crippen molar-refractivity contribution in [1.29, 1.82) is 0 Å². The fourth-order valence-electron chi connectivity index (χ4n) is 1.77. The van der Waals surface area contributed by atoms with E-state index < -0.39 is 4.92 Å². The molecule has 0 amide bonds. The van der Waals surface area contributed by atoms with Crippen molar-refractivity contribution in [2.24, 2.45) is 5.92 Å². The maximum Gasteiger partial charge on any atom is 0.311 e. The van der Waals surface area contributed by atoms with Crippen LogP contribution in [-0.4, -0.2) is 15.9 Å². The molecule has 1 saturated carbocycles. The Morgan fingerprint density at radius 3 is 3.00 bits per heavy atom. The number of hydrogen-bond acceptors (Lipinski definition) is 4. The van der Waals surface area contributed by atoms with Crippen molar-refractivity contribution in [3.05, 3.63) is 27.0 Å². The van der Waals surface area contributed by atoms with Crippen LogP contribution in [0.2, 0.25) is 0 Å². The highest BCUT2D eigenvalue weighted by molar-refractivity contribution is 9.10. The highest BCUT2D eigenvalue weighted by Crippen LogP contribution is 2.40. The monoisotopic (exact) mass is 285 g/mol. The van der Waals surface area contributed by atoms with Gasteiger partial charge < -0.3 is 5.32 Å². The van der Waals surface area contributed by atoms with Crippen molar-refractivity contribution in [1.82, 2.24) is 4.98 Å². The normalized spacial score (nSPS) is 22.9. The van der Waals surface area contributed by atoms with Crippen molar-refractivity contribution < 1.29 is 4.92 Å². The molecule has 1 aromatic heterocycles. The average Bonchev–Trinajstić information content (AvgIpc) is 2.99. The summed E-state index contributed by atoms with van der Waals surface area (Å²) < 4.78 is 0.642. The quantitative estimate of drug-likeness (QED) is 0.682. The van der Waals surface area contributed by atoms with Gasteiger partial charge in [0, 0.05) is 12.2 Å².